The van der Waals surface area contributed by atoms with Gasteiger partial charge < -0.3 is 0 Å². The summed E-state index contributed by atoms with van der Waals surface area (Å²) in [5.41, 5.74) is 1.11. The molecule has 1 saturated carbocycles. The Morgan fingerprint density at radius 3 is 2.41 bits per heavy atom. The van der Waals surface area contributed by atoms with Crippen LogP contribution < -0.4 is 0 Å². The second kappa shape index (κ2) is 6.34. The fourth-order valence-electron chi connectivity index (χ4n) is 2.33. The van der Waals surface area contributed by atoms with Gasteiger partial charge in [0.05, 0.1) is 3.58 Å². The normalized spacial score (nSPS) is 18.1. The van der Waals surface area contributed by atoms with Gasteiger partial charge in [0.1, 0.15) is 0 Å². The van der Waals surface area contributed by atoms with Crippen LogP contribution in [0.5, 0.6) is 0 Å². The number of allylic oxidation sites excluding steroid dienone is 1. The van der Waals surface area contributed by atoms with Crippen molar-refractivity contribution in [1.82, 2.24) is 0 Å². The lowest BCUT2D eigenvalue weighted by atomic mass is 9.86. The van der Waals surface area contributed by atoms with Crippen LogP contribution in [-0.4, -0.2) is 5.78 Å². The number of benzene rings is 1. The van der Waals surface area contributed by atoms with E-state index in [-0.39, 0.29) is 5.92 Å². The van der Waals surface area contributed by atoms with Gasteiger partial charge in [0.15, 0.2) is 5.78 Å². The van der Waals surface area contributed by atoms with Gasteiger partial charge in [-0.05, 0) is 47.1 Å². The highest BCUT2D eigenvalue weighted by Crippen LogP contribution is 2.29. The van der Waals surface area contributed by atoms with Crippen molar-refractivity contribution in [3.8, 4) is 0 Å². The number of Topliss-reactive ketones (excluding diaryl/α,β-unsaturated/α-hetero) is 1. The van der Waals surface area contributed by atoms with Crippen molar-refractivity contribution in [2.45, 2.75) is 32.1 Å². The lowest BCUT2D eigenvalue weighted by molar-refractivity contribution is -0.119. The maximum Gasteiger partial charge on any atom is 0.172 e. The predicted molar refractivity (Wildman–Crippen MR) is 80.0 cm³/mol. The van der Waals surface area contributed by atoms with E-state index in [0.29, 0.717) is 5.78 Å². The molecule has 90 valence electrons. The summed E-state index contributed by atoms with van der Waals surface area (Å²) in [7, 11) is 0. The van der Waals surface area contributed by atoms with Crippen LogP contribution in [-0.2, 0) is 4.79 Å². The summed E-state index contributed by atoms with van der Waals surface area (Å²) in [5, 5.41) is 0. The Balaban J connectivity index is 2.06. The summed E-state index contributed by atoms with van der Waals surface area (Å²) >= 11 is 2.18. The smallest absolute Gasteiger partial charge is 0.172 e. The average molecular weight is 340 g/mol. The molecular weight excluding hydrogens is 323 g/mol. The van der Waals surface area contributed by atoms with Gasteiger partial charge in [-0.3, -0.25) is 4.79 Å². The zero-order valence-corrected chi connectivity index (χ0v) is 12.0. The Morgan fingerprint density at radius 2 is 1.76 bits per heavy atom. The van der Waals surface area contributed by atoms with Gasteiger partial charge in [-0.25, -0.2) is 0 Å². The highest BCUT2D eigenvalue weighted by molar-refractivity contribution is 14.1. The second-order valence-corrected chi connectivity index (χ2v) is 5.76. The molecule has 0 radical (unpaired) electrons. The number of ketones is 1. The van der Waals surface area contributed by atoms with E-state index in [1.54, 1.807) is 0 Å². The van der Waals surface area contributed by atoms with Crippen molar-refractivity contribution in [3.63, 3.8) is 0 Å². The van der Waals surface area contributed by atoms with Crippen LogP contribution in [0.1, 0.15) is 37.7 Å². The number of carbonyl (C=O) groups is 1. The van der Waals surface area contributed by atoms with Gasteiger partial charge in [-0.15, -0.1) is 0 Å². The third-order valence-electron chi connectivity index (χ3n) is 3.30. The van der Waals surface area contributed by atoms with Crippen LogP contribution in [0.4, 0.5) is 0 Å². The zero-order chi connectivity index (χ0) is 12.1. The molecule has 0 spiro atoms. The maximum atomic E-state index is 12.2. The zero-order valence-electron chi connectivity index (χ0n) is 9.86. The Labute approximate surface area is 116 Å². The van der Waals surface area contributed by atoms with E-state index in [1.165, 1.54) is 19.3 Å². The highest BCUT2D eigenvalue weighted by atomic mass is 127. The molecule has 1 aliphatic rings. The second-order valence-electron chi connectivity index (χ2n) is 4.60. The number of carbonyl (C=O) groups excluding carboxylic acids is 1. The molecule has 0 unspecified atom stereocenters. The highest BCUT2D eigenvalue weighted by Gasteiger charge is 2.22. The van der Waals surface area contributed by atoms with Crippen molar-refractivity contribution >= 4 is 34.5 Å². The molecule has 1 aromatic carbocycles. The molecular formula is C15H17IO. The lowest BCUT2D eigenvalue weighted by Crippen LogP contribution is -2.17. The van der Waals surface area contributed by atoms with Gasteiger partial charge in [0, 0.05) is 5.92 Å². The lowest BCUT2D eigenvalue weighted by Gasteiger charge is -2.19. The maximum absolute atomic E-state index is 12.2. The topological polar surface area (TPSA) is 17.1 Å². The van der Waals surface area contributed by atoms with Crippen molar-refractivity contribution < 1.29 is 4.79 Å². The first kappa shape index (κ1) is 12.8. The standard InChI is InChI=1S/C15H17IO/c16-14(11-12-7-3-1-4-8-12)15(17)13-9-5-2-6-10-13/h1,3-4,7-8,11,13H,2,5-6,9-10H2/b14-11+. The van der Waals surface area contributed by atoms with E-state index in [1.807, 2.05) is 36.4 Å². The number of rotatable bonds is 3. The van der Waals surface area contributed by atoms with E-state index in [4.69, 9.17) is 0 Å². The molecule has 0 heterocycles. The van der Waals surface area contributed by atoms with Crippen LogP contribution in [0.25, 0.3) is 6.08 Å². The molecule has 0 N–H and O–H groups in total. The molecule has 0 atom stereocenters. The molecule has 1 aromatic rings. The molecule has 0 saturated heterocycles. The predicted octanol–water partition coefficient (Wildman–Crippen LogP) is 4.61. The fraction of sp³-hybridized carbons (Fsp3) is 0.400. The van der Waals surface area contributed by atoms with Gasteiger partial charge in [0.2, 0.25) is 0 Å². The first-order chi connectivity index (χ1) is 8.27. The van der Waals surface area contributed by atoms with Gasteiger partial charge in [-0.2, -0.15) is 0 Å². The summed E-state index contributed by atoms with van der Waals surface area (Å²) in [5.74, 6) is 0.616. The van der Waals surface area contributed by atoms with E-state index in [9.17, 15) is 4.79 Å². The minimum Gasteiger partial charge on any atom is -0.293 e. The number of hydrogen-bond donors (Lipinski definition) is 0. The van der Waals surface area contributed by atoms with E-state index < -0.39 is 0 Å². The molecule has 1 nitrogen and oxygen atoms in total. The minimum atomic E-state index is 0.274. The SMILES string of the molecule is O=C(/C(I)=C\c1ccccc1)C1CCCCC1. The van der Waals surface area contributed by atoms with E-state index in [0.717, 1.165) is 22.0 Å². The Kier molecular flexibility index (Phi) is 4.77. The summed E-state index contributed by atoms with van der Waals surface area (Å²) in [6, 6.07) is 10.1. The quantitative estimate of drug-likeness (QED) is 0.580. The summed E-state index contributed by atoms with van der Waals surface area (Å²) in [6.07, 6.45) is 7.87. The third kappa shape index (κ3) is 3.66. The van der Waals surface area contributed by atoms with Gasteiger partial charge >= 0.3 is 0 Å². The van der Waals surface area contributed by atoms with Crippen molar-refractivity contribution in [2.75, 3.05) is 0 Å². The van der Waals surface area contributed by atoms with Crippen LogP contribution in [0.2, 0.25) is 0 Å². The first-order valence-electron chi connectivity index (χ1n) is 6.24. The van der Waals surface area contributed by atoms with Gasteiger partial charge in [-0.1, -0.05) is 49.6 Å². The van der Waals surface area contributed by atoms with Crippen LogP contribution in [0, 0.1) is 5.92 Å². The molecule has 0 aliphatic heterocycles. The first-order valence-corrected chi connectivity index (χ1v) is 7.32. The van der Waals surface area contributed by atoms with Crippen molar-refractivity contribution in [3.05, 3.63) is 39.5 Å². The monoisotopic (exact) mass is 340 g/mol. The molecule has 1 fully saturated rings. The van der Waals surface area contributed by atoms with Crippen LogP contribution in [0.15, 0.2) is 33.9 Å². The van der Waals surface area contributed by atoms with Crippen molar-refractivity contribution in [1.29, 1.82) is 0 Å². The fourth-order valence-corrected chi connectivity index (χ4v) is 3.13. The Bertz CT molecular complexity index is 402. The van der Waals surface area contributed by atoms with E-state index >= 15 is 0 Å². The van der Waals surface area contributed by atoms with E-state index in [2.05, 4.69) is 22.6 Å². The molecule has 0 amide bonds. The summed E-state index contributed by atoms with van der Waals surface area (Å²) in [6.45, 7) is 0. The molecule has 17 heavy (non-hydrogen) atoms. The molecule has 1 aliphatic carbocycles. The molecule has 0 bridgehead atoms. The Hall–Kier alpha value is -0.640. The Morgan fingerprint density at radius 1 is 1.12 bits per heavy atom. The molecule has 0 aromatic heterocycles. The largest absolute Gasteiger partial charge is 0.293 e. The number of hydrogen-bond acceptors (Lipinski definition) is 1. The molecule has 2 rings (SSSR count). The minimum absolute atomic E-state index is 0.274. The molecule has 2 heteroatoms. The van der Waals surface area contributed by atoms with Gasteiger partial charge in [0.25, 0.3) is 0 Å². The van der Waals surface area contributed by atoms with Crippen LogP contribution in [0.3, 0.4) is 0 Å². The summed E-state index contributed by atoms with van der Waals surface area (Å²) < 4.78 is 0.876. The number of halogens is 1. The van der Waals surface area contributed by atoms with Crippen LogP contribution >= 0.6 is 22.6 Å². The van der Waals surface area contributed by atoms with Crippen molar-refractivity contribution in [2.24, 2.45) is 5.92 Å². The third-order valence-corrected chi connectivity index (χ3v) is 4.15. The summed E-state index contributed by atoms with van der Waals surface area (Å²) in [4.78, 5) is 12.2. The average Bonchev–Trinajstić information content (AvgIpc) is 2.40.